The summed E-state index contributed by atoms with van der Waals surface area (Å²) in [5, 5.41) is 3.00. The molecule has 0 aromatic heterocycles. The first-order valence-corrected chi connectivity index (χ1v) is 8.61. The number of hydrogen-bond acceptors (Lipinski definition) is 5. The van der Waals surface area contributed by atoms with Crippen molar-refractivity contribution >= 4 is 23.7 Å². The number of ether oxygens (including phenoxy) is 3. The fourth-order valence-corrected chi connectivity index (χ4v) is 2.32. The van der Waals surface area contributed by atoms with Gasteiger partial charge in [0.2, 0.25) is 0 Å². The van der Waals surface area contributed by atoms with Crippen molar-refractivity contribution < 1.29 is 23.8 Å². The van der Waals surface area contributed by atoms with E-state index < -0.39 is 23.7 Å². The van der Waals surface area contributed by atoms with Crippen molar-refractivity contribution in [3.05, 3.63) is 28.8 Å². The summed E-state index contributed by atoms with van der Waals surface area (Å²) >= 11 is 6.17. The molecule has 0 bridgehead atoms. The number of halogens is 1. The van der Waals surface area contributed by atoms with Crippen LogP contribution in [-0.2, 0) is 20.7 Å². The highest BCUT2D eigenvalue weighted by Gasteiger charge is 2.26. The molecule has 1 atom stereocenters. The largest absolute Gasteiger partial charge is 0.492 e. The molecule has 7 heteroatoms. The SMILES string of the molecule is CCOC(=O)[C@H](Cc1ccc(OCC)c(Cl)c1)NC(=O)OC(C)(C)C. The molecule has 140 valence electrons. The third kappa shape index (κ3) is 7.65. The minimum atomic E-state index is -0.871. The molecule has 1 aromatic carbocycles. The molecule has 0 heterocycles. The van der Waals surface area contributed by atoms with Gasteiger partial charge in [0.1, 0.15) is 17.4 Å². The van der Waals surface area contributed by atoms with E-state index in [1.807, 2.05) is 6.92 Å². The Bertz CT molecular complexity index is 598. The van der Waals surface area contributed by atoms with Gasteiger partial charge >= 0.3 is 12.1 Å². The molecule has 1 N–H and O–H groups in total. The lowest BCUT2D eigenvalue weighted by molar-refractivity contribution is -0.145. The Morgan fingerprint density at radius 1 is 1.20 bits per heavy atom. The maximum Gasteiger partial charge on any atom is 0.408 e. The quantitative estimate of drug-likeness (QED) is 0.739. The van der Waals surface area contributed by atoms with Crippen LogP contribution in [0.1, 0.15) is 40.2 Å². The van der Waals surface area contributed by atoms with E-state index in [1.165, 1.54) is 0 Å². The first kappa shape index (κ1) is 21.1. The van der Waals surface area contributed by atoms with E-state index in [9.17, 15) is 9.59 Å². The fourth-order valence-electron chi connectivity index (χ4n) is 2.07. The Morgan fingerprint density at radius 3 is 2.40 bits per heavy atom. The average molecular weight is 372 g/mol. The molecule has 0 aliphatic rings. The van der Waals surface area contributed by atoms with Gasteiger partial charge in [-0.3, -0.25) is 0 Å². The molecule has 0 saturated carbocycles. The molecule has 1 rings (SSSR count). The van der Waals surface area contributed by atoms with Crippen LogP contribution in [0.3, 0.4) is 0 Å². The maximum absolute atomic E-state index is 12.2. The van der Waals surface area contributed by atoms with Crippen LogP contribution in [0.4, 0.5) is 4.79 Å². The molecular weight excluding hydrogens is 346 g/mol. The predicted molar refractivity (Wildman–Crippen MR) is 96.1 cm³/mol. The van der Waals surface area contributed by atoms with Gasteiger partial charge in [-0.25, -0.2) is 9.59 Å². The summed E-state index contributed by atoms with van der Waals surface area (Å²) in [6, 6.07) is 4.36. The molecule has 0 aliphatic heterocycles. The molecule has 0 aliphatic carbocycles. The van der Waals surface area contributed by atoms with Crippen LogP contribution < -0.4 is 10.1 Å². The lowest BCUT2D eigenvalue weighted by Gasteiger charge is -2.23. The second kappa shape index (κ2) is 9.51. The van der Waals surface area contributed by atoms with Gasteiger partial charge in [-0.05, 0) is 52.3 Å². The minimum Gasteiger partial charge on any atom is -0.492 e. The van der Waals surface area contributed by atoms with E-state index in [1.54, 1.807) is 45.9 Å². The van der Waals surface area contributed by atoms with E-state index in [-0.39, 0.29) is 13.0 Å². The van der Waals surface area contributed by atoms with Crippen LogP contribution in [-0.4, -0.2) is 36.9 Å². The number of nitrogens with one attached hydrogen (secondary N) is 1. The highest BCUT2D eigenvalue weighted by molar-refractivity contribution is 6.32. The molecule has 0 radical (unpaired) electrons. The van der Waals surface area contributed by atoms with Gasteiger partial charge in [0, 0.05) is 6.42 Å². The van der Waals surface area contributed by atoms with Crippen LogP contribution in [0.5, 0.6) is 5.75 Å². The molecule has 6 nitrogen and oxygen atoms in total. The number of esters is 1. The highest BCUT2D eigenvalue weighted by atomic mass is 35.5. The zero-order chi connectivity index (χ0) is 19.0. The summed E-state index contributed by atoms with van der Waals surface area (Å²) in [6.45, 7) is 9.54. The highest BCUT2D eigenvalue weighted by Crippen LogP contribution is 2.26. The zero-order valence-corrected chi connectivity index (χ0v) is 16.1. The lowest BCUT2D eigenvalue weighted by atomic mass is 10.1. The molecule has 0 fully saturated rings. The van der Waals surface area contributed by atoms with Crippen LogP contribution >= 0.6 is 11.6 Å². The second-order valence-corrected chi connectivity index (χ2v) is 6.76. The predicted octanol–water partition coefficient (Wildman–Crippen LogP) is 3.74. The van der Waals surface area contributed by atoms with Gasteiger partial charge in [0.05, 0.1) is 18.2 Å². The van der Waals surface area contributed by atoms with E-state index >= 15 is 0 Å². The number of carbonyl (C=O) groups is 2. The monoisotopic (exact) mass is 371 g/mol. The van der Waals surface area contributed by atoms with Crippen LogP contribution in [0, 0.1) is 0 Å². The molecular formula is C18H26ClNO5. The topological polar surface area (TPSA) is 73.9 Å². The maximum atomic E-state index is 12.2. The van der Waals surface area contributed by atoms with Crippen LogP contribution in [0.25, 0.3) is 0 Å². The Morgan fingerprint density at radius 2 is 1.88 bits per heavy atom. The van der Waals surface area contributed by atoms with E-state index in [0.29, 0.717) is 17.4 Å². The first-order valence-electron chi connectivity index (χ1n) is 8.23. The standard InChI is InChI=1S/C18H26ClNO5/c1-6-23-15-9-8-12(10-13(15)19)11-14(16(21)24-7-2)20-17(22)25-18(3,4)5/h8-10,14H,6-7,11H2,1-5H3,(H,20,22)/t14-/m0/s1. The summed E-state index contributed by atoms with van der Waals surface area (Å²) < 4.78 is 15.6. The van der Waals surface area contributed by atoms with Gasteiger partial charge in [-0.15, -0.1) is 0 Å². The van der Waals surface area contributed by atoms with Crippen molar-refractivity contribution in [3.63, 3.8) is 0 Å². The second-order valence-electron chi connectivity index (χ2n) is 6.35. The number of amides is 1. The van der Waals surface area contributed by atoms with Gasteiger partial charge in [0.15, 0.2) is 0 Å². The summed E-state index contributed by atoms with van der Waals surface area (Å²) in [7, 11) is 0. The van der Waals surface area contributed by atoms with E-state index in [2.05, 4.69) is 5.32 Å². The van der Waals surface area contributed by atoms with Crippen molar-refractivity contribution in [2.45, 2.75) is 52.7 Å². The number of hydrogen-bond donors (Lipinski definition) is 1. The van der Waals surface area contributed by atoms with Crippen molar-refractivity contribution in [3.8, 4) is 5.75 Å². The molecule has 1 aromatic rings. The summed E-state index contributed by atoms with van der Waals surface area (Å²) in [6.07, 6.45) is -0.452. The van der Waals surface area contributed by atoms with Crippen LogP contribution in [0.2, 0.25) is 5.02 Å². The first-order chi connectivity index (χ1) is 11.7. The van der Waals surface area contributed by atoms with Gasteiger partial charge in [0.25, 0.3) is 0 Å². The molecule has 25 heavy (non-hydrogen) atoms. The minimum absolute atomic E-state index is 0.218. The number of alkyl carbamates (subject to hydrolysis) is 1. The van der Waals surface area contributed by atoms with Crippen molar-refractivity contribution in [1.29, 1.82) is 0 Å². The smallest absolute Gasteiger partial charge is 0.408 e. The van der Waals surface area contributed by atoms with Crippen LogP contribution in [0.15, 0.2) is 18.2 Å². The molecule has 0 unspecified atom stereocenters. The Balaban J connectivity index is 2.88. The Hall–Kier alpha value is -1.95. The van der Waals surface area contributed by atoms with Crippen molar-refractivity contribution in [1.82, 2.24) is 5.32 Å². The summed E-state index contributed by atoms with van der Waals surface area (Å²) in [5.41, 5.74) is 0.105. The third-order valence-corrected chi connectivity index (χ3v) is 3.29. The van der Waals surface area contributed by atoms with E-state index in [4.69, 9.17) is 25.8 Å². The van der Waals surface area contributed by atoms with Gasteiger partial charge in [-0.2, -0.15) is 0 Å². The number of carbonyl (C=O) groups excluding carboxylic acids is 2. The molecule has 0 saturated heterocycles. The summed E-state index contributed by atoms with van der Waals surface area (Å²) in [5.74, 6) is 0.0408. The van der Waals surface area contributed by atoms with Crippen molar-refractivity contribution in [2.75, 3.05) is 13.2 Å². The van der Waals surface area contributed by atoms with Crippen molar-refractivity contribution in [2.24, 2.45) is 0 Å². The van der Waals surface area contributed by atoms with Gasteiger partial charge < -0.3 is 19.5 Å². The van der Waals surface area contributed by atoms with E-state index in [0.717, 1.165) is 5.56 Å². The third-order valence-electron chi connectivity index (χ3n) is 3.00. The Labute approximate surface area is 153 Å². The molecule has 1 amide bonds. The Kier molecular flexibility index (Phi) is 8.03. The number of rotatable bonds is 7. The fraction of sp³-hybridized carbons (Fsp3) is 0.556. The summed E-state index contributed by atoms with van der Waals surface area (Å²) in [4.78, 5) is 24.1. The molecule has 0 spiro atoms. The van der Waals surface area contributed by atoms with Gasteiger partial charge in [-0.1, -0.05) is 17.7 Å². The normalized spacial score (nSPS) is 12.2. The average Bonchev–Trinajstić information content (AvgIpc) is 2.48. The zero-order valence-electron chi connectivity index (χ0n) is 15.3. The lowest BCUT2D eigenvalue weighted by Crippen LogP contribution is -2.45. The number of benzene rings is 1.